The van der Waals surface area contributed by atoms with Crippen molar-refractivity contribution in [2.75, 3.05) is 20.8 Å². The Morgan fingerprint density at radius 3 is 2.16 bits per heavy atom. The van der Waals surface area contributed by atoms with E-state index in [1.807, 2.05) is 0 Å². The summed E-state index contributed by atoms with van der Waals surface area (Å²) < 4.78 is 15.5. The van der Waals surface area contributed by atoms with Gasteiger partial charge in [0, 0.05) is 6.07 Å². The molecule has 0 aliphatic carbocycles. The second kappa shape index (κ2) is 8.40. The van der Waals surface area contributed by atoms with Gasteiger partial charge in [-0.15, -0.1) is 0 Å². The van der Waals surface area contributed by atoms with Crippen molar-refractivity contribution in [2.24, 2.45) is 0 Å². The molecular formula is C15H22O4. The molecule has 0 amide bonds. The van der Waals surface area contributed by atoms with Crippen molar-refractivity contribution in [3.05, 3.63) is 23.8 Å². The monoisotopic (exact) mass is 266 g/mol. The van der Waals surface area contributed by atoms with Crippen LogP contribution in [0.3, 0.4) is 0 Å². The van der Waals surface area contributed by atoms with E-state index in [2.05, 4.69) is 6.92 Å². The molecule has 0 aliphatic rings. The molecule has 0 aromatic heterocycles. The maximum Gasteiger partial charge on any atom is 0.338 e. The van der Waals surface area contributed by atoms with E-state index in [-0.39, 0.29) is 5.97 Å². The average Bonchev–Trinajstić information content (AvgIpc) is 2.46. The number of hydrogen-bond donors (Lipinski definition) is 0. The molecule has 0 saturated heterocycles. The van der Waals surface area contributed by atoms with Gasteiger partial charge in [0.1, 0.15) is 11.5 Å². The molecule has 4 nitrogen and oxygen atoms in total. The standard InChI is InChI=1S/C15H22O4/c1-4-5-6-7-8-19-15(16)12-9-13(17-2)11-14(10-12)18-3/h9-11H,4-8H2,1-3H3. The molecular weight excluding hydrogens is 244 g/mol. The summed E-state index contributed by atoms with van der Waals surface area (Å²) in [6.45, 7) is 2.60. The summed E-state index contributed by atoms with van der Waals surface area (Å²) in [6.07, 6.45) is 4.33. The van der Waals surface area contributed by atoms with E-state index in [1.165, 1.54) is 12.8 Å². The fourth-order valence-corrected chi connectivity index (χ4v) is 1.70. The lowest BCUT2D eigenvalue weighted by molar-refractivity contribution is 0.0497. The van der Waals surface area contributed by atoms with Crippen molar-refractivity contribution in [1.82, 2.24) is 0 Å². The number of esters is 1. The first-order valence-corrected chi connectivity index (χ1v) is 6.61. The third-order valence-corrected chi connectivity index (χ3v) is 2.82. The van der Waals surface area contributed by atoms with E-state index in [0.717, 1.165) is 12.8 Å². The zero-order valence-corrected chi connectivity index (χ0v) is 11.9. The highest BCUT2D eigenvalue weighted by Crippen LogP contribution is 2.23. The molecule has 106 valence electrons. The predicted molar refractivity (Wildman–Crippen MR) is 74.0 cm³/mol. The van der Waals surface area contributed by atoms with E-state index < -0.39 is 0 Å². The van der Waals surface area contributed by atoms with E-state index in [1.54, 1.807) is 32.4 Å². The minimum absolute atomic E-state index is 0.339. The van der Waals surface area contributed by atoms with Gasteiger partial charge in [0.2, 0.25) is 0 Å². The van der Waals surface area contributed by atoms with Gasteiger partial charge < -0.3 is 14.2 Å². The molecule has 0 atom stereocenters. The lowest BCUT2D eigenvalue weighted by Gasteiger charge is -2.08. The number of hydrogen-bond acceptors (Lipinski definition) is 4. The largest absolute Gasteiger partial charge is 0.497 e. The second-order valence-electron chi connectivity index (χ2n) is 4.30. The minimum atomic E-state index is -0.339. The average molecular weight is 266 g/mol. The van der Waals surface area contributed by atoms with Gasteiger partial charge >= 0.3 is 5.97 Å². The number of carbonyl (C=O) groups is 1. The van der Waals surface area contributed by atoms with E-state index in [4.69, 9.17) is 14.2 Å². The summed E-state index contributed by atoms with van der Waals surface area (Å²) in [7, 11) is 3.10. The highest BCUT2D eigenvalue weighted by molar-refractivity contribution is 5.90. The number of ether oxygens (including phenoxy) is 3. The molecule has 0 bridgehead atoms. The molecule has 1 aromatic carbocycles. The Labute approximate surface area is 114 Å². The number of methoxy groups -OCH3 is 2. The Kier molecular flexibility index (Phi) is 6.79. The molecule has 1 rings (SSSR count). The molecule has 0 N–H and O–H groups in total. The van der Waals surface area contributed by atoms with Crippen LogP contribution in [0.25, 0.3) is 0 Å². The Morgan fingerprint density at radius 1 is 1.00 bits per heavy atom. The number of unbranched alkanes of at least 4 members (excludes halogenated alkanes) is 3. The van der Waals surface area contributed by atoms with Gasteiger partial charge in [0.15, 0.2) is 0 Å². The van der Waals surface area contributed by atoms with Crippen molar-refractivity contribution < 1.29 is 19.0 Å². The molecule has 0 heterocycles. The van der Waals surface area contributed by atoms with Gasteiger partial charge in [0.05, 0.1) is 26.4 Å². The molecule has 0 unspecified atom stereocenters. The van der Waals surface area contributed by atoms with Crippen LogP contribution in [0.15, 0.2) is 18.2 Å². The summed E-state index contributed by atoms with van der Waals surface area (Å²) in [5.74, 6) is 0.822. The Balaban J connectivity index is 2.55. The van der Waals surface area contributed by atoms with Gasteiger partial charge in [-0.25, -0.2) is 4.79 Å². The molecule has 0 aliphatic heterocycles. The van der Waals surface area contributed by atoms with Crippen LogP contribution in [0.1, 0.15) is 43.0 Å². The first-order valence-electron chi connectivity index (χ1n) is 6.61. The SMILES string of the molecule is CCCCCCOC(=O)c1cc(OC)cc(OC)c1. The van der Waals surface area contributed by atoms with Gasteiger partial charge in [-0.1, -0.05) is 26.2 Å². The third-order valence-electron chi connectivity index (χ3n) is 2.82. The highest BCUT2D eigenvalue weighted by Gasteiger charge is 2.10. The van der Waals surface area contributed by atoms with Crippen LogP contribution in [0.5, 0.6) is 11.5 Å². The Morgan fingerprint density at radius 2 is 1.63 bits per heavy atom. The normalized spacial score (nSPS) is 10.1. The van der Waals surface area contributed by atoms with Gasteiger partial charge in [0.25, 0.3) is 0 Å². The molecule has 19 heavy (non-hydrogen) atoms. The van der Waals surface area contributed by atoms with Crippen LogP contribution in [-0.2, 0) is 4.74 Å². The fraction of sp³-hybridized carbons (Fsp3) is 0.533. The molecule has 0 saturated carbocycles. The summed E-state index contributed by atoms with van der Waals surface area (Å²) in [5, 5.41) is 0. The Bertz CT molecular complexity index is 379. The van der Waals surface area contributed by atoms with Crippen molar-refractivity contribution in [1.29, 1.82) is 0 Å². The van der Waals surface area contributed by atoms with Crippen LogP contribution in [0.2, 0.25) is 0 Å². The molecule has 4 heteroatoms. The van der Waals surface area contributed by atoms with Gasteiger partial charge in [-0.2, -0.15) is 0 Å². The van der Waals surface area contributed by atoms with E-state index in [0.29, 0.717) is 23.7 Å². The molecule has 0 spiro atoms. The summed E-state index contributed by atoms with van der Waals surface area (Å²) >= 11 is 0. The summed E-state index contributed by atoms with van der Waals surface area (Å²) in [4.78, 5) is 11.9. The first-order chi connectivity index (χ1) is 9.21. The van der Waals surface area contributed by atoms with E-state index >= 15 is 0 Å². The molecule has 0 fully saturated rings. The van der Waals surface area contributed by atoms with E-state index in [9.17, 15) is 4.79 Å². The number of rotatable bonds is 8. The minimum Gasteiger partial charge on any atom is -0.497 e. The van der Waals surface area contributed by atoms with Gasteiger partial charge in [-0.3, -0.25) is 0 Å². The predicted octanol–water partition coefficient (Wildman–Crippen LogP) is 3.44. The van der Waals surface area contributed by atoms with Crippen molar-refractivity contribution in [3.63, 3.8) is 0 Å². The maximum absolute atomic E-state index is 11.9. The smallest absolute Gasteiger partial charge is 0.338 e. The molecule has 0 radical (unpaired) electrons. The maximum atomic E-state index is 11.9. The molecule has 1 aromatic rings. The zero-order chi connectivity index (χ0) is 14.1. The topological polar surface area (TPSA) is 44.8 Å². The Hall–Kier alpha value is -1.71. The zero-order valence-electron chi connectivity index (χ0n) is 11.9. The van der Waals surface area contributed by atoms with Crippen LogP contribution in [0, 0.1) is 0 Å². The lowest BCUT2D eigenvalue weighted by Crippen LogP contribution is -2.07. The van der Waals surface area contributed by atoms with Crippen LogP contribution in [0.4, 0.5) is 0 Å². The van der Waals surface area contributed by atoms with Crippen molar-refractivity contribution in [3.8, 4) is 11.5 Å². The number of benzene rings is 1. The van der Waals surface area contributed by atoms with Crippen LogP contribution in [-0.4, -0.2) is 26.8 Å². The number of carbonyl (C=O) groups excluding carboxylic acids is 1. The first kappa shape index (κ1) is 15.3. The fourth-order valence-electron chi connectivity index (χ4n) is 1.70. The lowest BCUT2D eigenvalue weighted by atomic mass is 10.2. The summed E-state index contributed by atoms with van der Waals surface area (Å²) in [6, 6.07) is 5.02. The quantitative estimate of drug-likeness (QED) is 0.534. The van der Waals surface area contributed by atoms with Crippen molar-refractivity contribution >= 4 is 5.97 Å². The highest BCUT2D eigenvalue weighted by atomic mass is 16.5. The van der Waals surface area contributed by atoms with Gasteiger partial charge in [-0.05, 0) is 18.6 Å². The third kappa shape index (κ3) is 5.20. The second-order valence-corrected chi connectivity index (χ2v) is 4.30. The van der Waals surface area contributed by atoms with Crippen LogP contribution < -0.4 is 9.47 Å². The summed E-state index contributed by atoms with van der Waals surface area (Å²) in [5.41, 5.74) is 0.451. The van der Waals surface area contributed by atoms with Crippen molar-refractivity contribution in [2.45, 2.75) is 32.6 Å². The van der Waals surface area contributed by atoms with Crippen LogP contribution >= 0.6 is 0 Å².